The van der Waals surface area contributed by atoms with E-state index in [4.69, 9.17) is 0 Å². The second kappa shape index (κ2) is 5.21. The molecule has 1 aromatic heterocycles. The fourth-order valence-corrected chi connectivity index (χ4v) is 1.56. The minimum atomic E-state index is -4.67. The minimum absolute atomic E-state index is 0.253. The van der Waals surface area contributed by atoms with E-state index >= 15 is 0 Å². The molecule has 0 saturated heterocycles. The average molecular weight is 271 g/mol. The zero-order chi connectivity index (χ0) is 13.9. The van der Waals surface area contributed by atoms with Crippen molar-refractivity contribution < 1.29 is 17.9 Å². The number of nitrogens with one attached hydrogen (secondary N) is 1. The summed E-state index contributed by atoms with van der Waals surface area (Å²) in [5.74, 6) is 0.379. The zero-order valence-corrected chi connectivity index (χ0v) is 10.1. The number of nitrogens with zero attached hydrogens (tertiary/aromatic N) is 2. The molecule has 19 heavy (non-hydrogen) atoms. The molecule has 0 spiro atoms. The van der Waals surface area contributed by atoms with Crippen molar-refractivity contribution in [3.8, 4) is 5.75 Å². The first kappa shape index (κ1) is 13.3. The second-order valence-electron chi connectivity index (χ2n) is 3.73. The summed E-state index contributed by atoms with van der Waals surface area (Å²) in [5, 5.41) is 3.01. The third kappa shape index (κ3) is 3.64. The number of rotatable bonds is 4. The molecule has 0 aliphatic carbocycles. The van der Waals surface area contributed by atoms with Crippen molar-refractivity contribution in [1.82, 2.24) is 9.55 Å². The van der Waals surface area contributed by atoms with Crippen molar-refractivity contribution in [3.05, 3.63) is 36.7 Å². The highest BCUT2D eigenvalue weighted by atomic mass is 19.4. The van der Waals surface area contributed by atoms with E-state index in [-0.39, 0.29) is 5.75 Å². The van der Waals surface area contributed by atoms with Crippen molar-refractivity contribution in [3.63, 3.8) is 0 Å². The molecular weight excluding hydrogens is 259 g/mol. The molecule has 0 bridgehead atoms. The lowest BCUT2D eigenvalue weighted by Gasteiger charge is -2.10. The number of imidazole rings is 1. The molecule has 2 rings (SSSR count). The second-order valence-corrected chi connectivity index (χ2v) is 3.73. The van der Waals surface area contributed by atoms with Crippen LogP contribution in [0, 0.1) is 0 Å². The highest BCUT2D eigenvalue weighted by molar-refractivity contribution is 5.54. The third-order valence-corrected chi connectivity index (χ3v) is 2.40. The Hall–Kier alpha value is -2.18. The number of aryl methyl sites for hydroxylation is 1. The van der Waals surface area contributed by atoms with Crippen LogP contribution in [0.2, 0.25) is 0 Å². The van der Waals surface area contributed by atoms with Gasteiger partial charge in [-0.15, -0.1) is 13.2 Å². The molecular formula is C12H12F3N3O. The normalized spacial score (nSPS) is 11.4. The molecule has 0 aliphatic heterocycles. The van der Waals surface area contributed by atoms with Gasteiger partial charge in [-0.05, 0) is 31.2 Å². The van der Waals surface area contributed by atoms with Crippen LogP contribution in [-0.2, 0) is 6.54 Å². The monoisotopic (exact) mass is 271 g/mol. The van der Waals surface area contributed by atoms with Crippen molar-refractivity contribution in [2.75, 3.05) is 5.32 Å². The lowest BCUT2D eigenvalue weighted by atomic mass is 10.3. The number of hydrogen-bond acceptors (Lipinski definition) is 3. The molecule has 0 amide bonds. The highest BCUT2D eigenvalue weighted by Crippen LogP contribution is 2.24. The number of alkyl halides is 3. The van der Waals surface area contributed by atoms with E-state index in [0.717, 1.165) is 6.54 Å². The molecule has 2 aromatic rings. The highest BCUT2D eigenvalue weighted by Gasteiger charge is 2.30. The van der Waals surface area contributed by atoms with Gasteiger partial charge in [-0.2, -0.15) is 0 Å². The van der Waals surface area contributed by atoms with E-state index < -0.39 is 6.36 Å². The predicted octanol–water partition coefficient (Wildman–Crippen LogP) is 3.55. The van der Waals surface area contributed by atoms with Gasteiger partial charge >= 0.3 is 6.36 Å². The molecule has 0 unspecified atom stereocenters. The van der Waals surface area contributed by atoms with E-state index in [1.54, 1.807) is 6.20 Å². The topological polar surface area (TPSA) is 39.1 Å². The Morgan fingerprint density at radius 3 is 2.53 bits per heavy atom. The molecule has 102 valence electrons. The zero-order valence-electron chi connectivity index (χ0n) is 10.1. The Morgan fingerprint density at radius 1 is 1.26 bits per heavy atom. The standard InChI is InChI=1S/C12H12F3N3O/c1-2-18-8-7-16-11(18)17-9-3-5-10(6-4-9)19-12(13,14)15/h3-8H,2H2,1H3,(H,16,17). The predicted molar refractivity (Wildman–Crippen MR) is 64.3 cm³/mol. The Labute approximate surface area is 107 Å². The number of ether oxygens (including phenoxy) is 1. The Morgan fingerprint density at radius 2 is 1.95 bits per heavy atom. The lowest BCUT2D eigenvalue weighted by Crippen LogP contribution is -2.17. The summed E-state index contributed by atoms with van der Waals surface area (Å²) in [6, 6.07) is 5.48. The van der Waals surface area contributed by atoms with E-state index in [1.165, 1.54) is 24.3 Å². The maximum absolute atomic E-state index is 12.0. The van der Waals surface area contributed by atoms with E-state index in [1.807, 2.05) is 17.7 Å². The van der Waals surface area contributed by atoms with Crippen LogP contribution in [0.5, 0.6) is 5.75 Å². The van der Waals surface area contributed by atoms with Crippen LogP contribution in [0.1, 0.15) is 6.92 Å². The lowest BCUT2D eigenvalue weighted by molar-refractivity contribution is -0.274. The fraction of sp³-hybridized carbons (Fsp3) is 0.250. The molecule has 1 aromatic carbocycles. The van der Waals surface area contributed by atoms with Crippen LogP contribution < -0.4 is 10.1 Å². The summed E-state index contributed by atoms with van der Waals surface area (Å²) in [5.41, 5.74) is 0.635. The van der Waals surface area contributed by atoms with Gasteiger partial charge in [0.05, 0.1) is 0 Å². The van der Waals surface area contributed by atoms with E-state index in [9.17, 15) is 13.2 Å². The molecule has 0 saturated carbocycles. The average Bonchev–Trinajstić information content (AvgIpc) is 2.77. The van der Waals surface area contributed by atoms with Crippen LogP contribution >= 0.6 is 0 Å². The van der Waals surface area contributed by atoms with Gasteiger partial charge in [-0.25, -0.2) is 4.98 Å². The molecule has 0 radical (unpaired) electrons. The number of anilines is 2. The third-order valence-electron chi connectivity index (χ3n) is 2.40. The van der Waals surface area contributed by atoms with E-state index in [2.05, 4.69) is 15.0 Å². The van der Waals surface area contributed by atoms with Gasteiger partial charge < -0.3 is 14.6 Å². The maximum Gasteiger partial charge on any atom is 0.573 e. The summed E-state index contributed by atoms with van der Waals surface area (Å²) in [6.45, 7) is 2.71. The first-order valence-corrected chi connectivity index (χ1v) is 5.62. The summed E-state index contributed by atoms with van der Waals surface area (Å²) in [6.07, 6.45) is -1.22. The van der Waals surface area contributed by atoms with Crippen LogP contribution in [0.15, 0.2) is 36.7 Å². The van der Waals surface area contributed by atoms with Gasteiger partial charge in [0, 0.05) is 24.6 Å². The summed E-state index contributed by atoms with van der Waals surface area (Å²) in [7, 11) is 0. The quantitative estimate of drug-likeness (QED) is 0.924. The molecule has 0 fully saturated rings. The van der Waals surface area contributed by atoms with Crippen molar-refractivity contribution in [2.24, 2.45) is 0 Å². The first-order chi connectivity index (χ1) is 8.98. The van der Waals surface area contributed by atoms with Gasteiger partial charge in [-0.1, -0.05) is 0 Å². The Kier molecular flexibility index (Phi) is 3.64. The minimum Gasteiger partial charge on any atom is -0.406 e. The summed E-state index contributed by atoms with van der Waals surface area (Å²) < 4.78 is 41.6. The van der Waals surface area contributed by atoms with Gasteiger partial charge in [0.2, 0.25) is 5.95 Å². The van der Waals surface area contributed by atoms with Crippen LogP contribution in [-0.4, -0.2) is 15.9 Å². The molecule has 4 nitrogen and oxygen atoms in total. The largest absolute Gasteiger partial charge is 0.573 e. The van der Waals surface area contributed by atoms with Gasteiger partial charge in [0.15, 0.2) is 0 Å². The van der Waals surface area contributed by atoms with Crippen LogP contribution in [0.4, 0.5) is 24.8 Å². The molecule has 0 aliphatic rings. The maximum atomic E-state index is 12.0. The van der Waals surface area contributed by atoms with Crippen molar-refractivity contribution in [2.45, 2.75) is 19.8 Å². The van der Waals surface area contributed by atoms with Crippen molar-refractivity contribution in [1.29, 1.82) is 0 Å². The Balaban J connectivity index is 2.07. The summed E-state index contributed by atoms with van der Waals surface area (Å²) in [4.78, 5) is 4.10. The molecule has 1 N–H and O–H groups in total. The number of halogens is 3. The first-order valence-electron chi connectivity index (χ1n) is 5.62. The fourth-order valence-electron chi connectivity index (χ4n) is 1.56. The number of hydrogen-bond donors (Lipinski definition) is 1. The molecule has 7 heteroatoms. The van der Waals surface area contributed by atoms with E-state index in [0.29, 0.717) is 11.6 Å². The Bertz CT molecular complexity index is 534. The SMILES string of the molecule is CCn1ccnc1Nc1ccc(OC(F)(F)F)cc1. The number of aromatic nitrogens is 2. The van der Waals surface area contributed by atoms with Gasteiger partial charge in [0.25, 0.3) is 0 Å². The van der Waals surface area contributed by atoms with Gasteiger partial charge in [0.1, 0.15) is 5.75 Å². The summed E-state index contributed by atoms with van der Waals surface area (Å²) >= 11 is 0. The molecule has 0 atom stereocenters. The van der Waals surface area contributed by atoms with Crippen LogP contribution in [0.3, 0.4) is 0 Å². The van der Waals surface area contributed by atoms with Gasteiger partial charge in [-0.3, -0.25) is 0 Å². The van der Waals surface area contributed by atoms with Crippen molar-refractivity contribution >= 4 is 11.6 Å². The smallest absolute Gasteiger partial charge is 0.406 e. The van der Waals surface area contributed by atoms with Crippen LogP contribution in [0.25, 0.3) is 0 Å². The molecule has 1 heterocycles. The number of benzene rings is 1.